The predicted octanol–water partition coefficient (Wildman–Crippen LogP) is 3.99. The van der Waals surface area contributed by atoms with Gasteiger partial charge in [0.05, 0.1) is 11.6 Å². The van der Waals surface area contributed by atoms with Crippen molar-refractivity contribution in [3.05, 3.63) is 71.8 Å². The van der Waals surface area contributed by atoms with Gasteiger partial charge in [-0.25, -0.2) is 0 Å². The number of phenols is 1. The van der Waals surface area contributed by atoms with E-state index in [-0.39, 0.29) is 29.2 Å². The number of nitrogens with one attached hydrogen (secondary N) is 2. The van der Waals surface area contributed by atoms with Gasteiger partial charge in [-0.1, -0.05) is 48.5 Å². The van der Waals surface area contributed by atoms with Crippen molar-refractivity contribution in [3.8, 4) is 5.75 Å². The zero-order valence-electron chi connectivity index (χ0n) is 14.6. The average molecular weight is 348 g/mol. The molecule has 0 aromatic heterocycles. The summed E-state index contributed by atoms with van der Waals surface area (Å²) in [5.74, 6) is -0.593. The molecule has 3 aromatic carbocycles. The van der Waals surface area contributed by atoms with Gasteiger partial charge >= 0.3 is 0 Å². The number of fused-ring (bicyclic) bond motifs is 1. The van der Waals surface area contributed by atoms with Gasteiger partial charge in [-0.2, -0.15) is 0 Å². The molecule has 0 bridgehead atoms. The Hall–Kier alpha value is -3.34. The van der Waals surface area contributed by atoms with Gasteiger partial charge in [-0.15, -0.1) is 0 Å². The van der Waals surface area contributed by atoms with Gasteiger partial charge in [-0.05, 0) is 30.0 Å². The maximum absolute atomic E-state index is 12.7. The van der Waals surface area contributed by atoms with Crippen molar-refractivity contribution in [3.63, 3.8) is 0 Å². The Balaban J connectivity index is 1.87. The van der Waals surface area contributed by atoms with Crippen LogP contribution in [0.4, 0.5) is 5.69 Å². The lowest BCUT2D eigenvalue weighted by Crippen LogP contribution is -2.27. The highest BCUT2D eigenvalue weighted by atomic mass is 16.3. The van der Waals surface area contributed by atoms with E-state index in [4.69, 9.17) is 0 Å². The molecule has 0 spiro atoms. The predicted molar refractivity (Wildman–Crippen MR) is 102 cm³/mol. The lowest BCUT2D eigenvalue weighted by atomic mass is 10.0. The summed E-state index contributed by atoms with van der Waals surface area (Å²) in [5, 5.41) is 17.6. The number of phenolic OH excluding ortho intramolecular Hbond substituents is 1. The van der Waals surface area contributed by atoms with Gasteiger partial charge in [0.2, 0.25) is 5.91 Å². The summed E-state index contributed by atoms with van der Waals surface area (Å²) in [7, 11) is 0. The fraction of sp³-hybridized carbons (Fsp3) is 0.143. The minimum absolute atomic E-state index is 0.0389. The van der Waals surface area contributed by atoms with Gasteiger partial charge in [0.25, 0.3) is 5.91 Å². The number of hydrogen-bond donors (Lipinski definition) is 3. The molecule has 132 valence electrons. The van der Waals surface area contributed by atoms with E-state index in [1.807, 2.05) is 43.3 Å². The highest BCUT2D eigenvalue weighted by molar-refractivity contribution is 6.03. The maximum Gasteiger partial charge on any atom is 0.255 e. The fourth-order valence-electron chi connectivity index (χ4n) is 2.97. The van der Waals surface area contributed by atoms with Crippen molar-refractivity contribution >= 4 is 28.3 Å². The zero-order chi connectivity index (χ0) is 18.7. The van der Waals surface area contributed by atoms with E-state index in [0.29, 0.717) is 11.1 Å². The van der Waals surface area contributed by atoms with Crippen molar-refractivity contribution in [2.24, 2.45) is 0 Å². The van der Waals surface area contributed by atoms with E-state index in [9.17, 15) is 14.7 Å². The lowest BCUT2D eigenvalue weighted by Gasteiger charge is -2.18. The van der Waals surface area contributed by atoms with Crippen LogP contribution in [0, 0.1) is 0 Å². The minimum Gasteiger partial charge on any atom is -0.506 e. The summed E-state index contributed by atoms with van der Waals surface area (Å²) in [6, 6.07) is 17.7. The standard InChI is InChI=1S/C21H20N2O3/c1-13(16-8-5-6-10-19(16)23-14(2)24)22-21(26)18-12-11-15-7-3-4-9-17(15)20(18)25/h3-13,25H,1-2H3,(H,22,26)(H,23,24)/t13-/m0/s1. The second-order valence-electron chi connectivity index (χ2n) is 6.15. The molecule has 1 atom stereocenters. The van der Waals surface area contributed by atoms with E-state index < -0.39 is 0 Å². The van der Waals surface area contributed by atoms with Crippen molar-refractivity contribution in [2.45, 2.75) is 19.9 Å². The van der Waals surface area contributed by atoms with Gasteiger partial charge < -0.3 is 15.7 Å². The Bertz CT molecular complexity index is 982. The van der Waals surface area contributed by atoms with Crippen molar-refractivity contribution < 1.29 is 14.7 Å². The van der Waals surface area contributed by atoms with Crippen LogP contribution in [0.3, 0.4) is 0 Å². The summed E-state index contributed by atoms with van der Waals surface area (Å²) in [6.45, 7) is 3.27. The van der Waals surface area contributed by atoms with Crippen molar-refractivity contribution in [1.82, 2.24) is 5.32 Å². The molecule has 5 nitrogen and oxygen atoms in total. The normalized spacial score (nSPS) is 11.8. The molecule has 0 aliphatic carbocycles. The Morgan fingerprint density at radius 3 is 2.42 bits per heavy atom. The Morgan fingerprint density at radius 1 is 0.962 bits per heavy atom. The smallest absolute Gasteiger partial charge is 0.255 e. The number of para-hydroxylation sites is 1. The third kappa shape index (κ3) is 3.52. The van der Waals surface area contributed by atoms with Gasteiger partial charge in [0.1, 0.15) is 5.75 Å². The molecule has 26 heavy (non-hydrogen) atoms. The van der Waals surface area contributed by atoms with Gasteiger partial charge in [-0.3, -0.25) is 9.59 Å². The number of hydrogen-bond acceptors (Lipinski definition) is 3. The molecule has 2 amide bonds. The van der Waals surface area contributed by atoms with Gasteiger partial charge in [0.15, 0.2) is 0 Å². The quantitative estimate of drug-likeness (QED) is 0.667. The van der Waals surface area contributed by atoms with Crippen LogP contribution in [0.1, 0.15) is 35.8 Å². The van der Waals surface area contributed by atoms with Crippen LogP contribution in [0.5, 0.6) is 5.75 Å². The molecule has 0 fully saturated rings. The van der Waals surface area contributed by atoms with Crippen molar-refractivity contribution in [1.29, 1.82) is 0 Å². The van der Waals surface area contributed by atoms with E-state index in [0.717, 1.165) is 10.9 Å². The molecule has 3 aromatic rings. The van der Waals surface area contributed by atoms with E-state index >= 15 is 0 Å². The highest BCUT2D eigenvalue weighted by Gasteiger charge is 2.18. The molecular weight excluding hydrogens is 328 g/mol. The van der Waals surface area contributed by atoms with Crippen LogP contribution in [0.25, 0.3) is 10.8 Å². The Labute approximate surface area is 151 Å². The summed E-state index contributed by atoms with van der Waals surface area (Å²) in [4.78, 5) is 24.0. The third-order valence-electron chi connectivity index (χ3n) is 4.23. The van der Waals surface area contributed by atoms with Gasteiger partial charge in [0, 0.05) is 18.0 Å². The summed E-state index contributed by atoms with van der Waals surface area (Å²) < 4.78 is 0. The van der Waals surface area contributed by atoms with Crippen LogP contribution in [0.15, 0.2) is 60.7 Å². The number of anilines is 1. The Morgan fingerprint density at radius 2 is 1.65 bits per heavy atom. The number of carbonyl (C=O) groups excluding carboxylic acids is 2. The van der Waals surface area contributed by atoms with E-state index in [1.54, 1.807) is 24.3 Å². The molecular formula is C21H20N2O3. The van der Waals surface area contributed by atoms with E-state index in [2.05, 4.69) is 10.6 Å². The molecule has 0 aliphatic heterocycles. The first kappa shape index (κ1) is 17.5. The number of carbonyl (C=O) groups is 2. The first-order valence-corrected chi connectivity index (χ1v) is 8.35. The molecule has 0 saturated heterocycles. The number of amides is 2. The molecule has 0 radical (unpaired) electrons. The van der Waals surface area contributed by atoms with Crippen LogP contribution in [0.2, 0.25) is 0 Å². The lowest BCUT2D eigenvalue weighted by molar-refractivity contribution is -0.114. The molecule has 5 heteroatoms. The number of aromatic hydroxyl groups is 1. The number of rotatable bonds is 4. The third-order valence-corrected chi connectivity index (χ3v) is 4.23. The minimum atomic E-state index is -0.376. The second kappa shape index (κ2) is 7.27. The molecule has 0 aliphatic rings. The summed E-state index contributed by atoms with van der Waals surface area (Å²) in [5.41, 5.74) is 1.65. The van der Waals surface area contributed by atoms with Crippen LogP contribution < -0.4 is 10.6 Å². The largest absolute Gasteiger partial charge is 0.506 e. The van der Waals surface area contributed by atoms with Crippen LogP contribution >= 0.6 is 0 Å². The molecule has 3 N–H and O–H groups in total. The second-order valence-corrected chi connectivity index (χ2v) is 6.15. The monoisotopic (exact) mass is 348 g/mol. The summed E-state index contributed by atoms with van der Waals surface area (Å²) in [6.07, 6.45) is 0. The van der Waals surface area contributed by atoms with Crippen LogP contribution in [-0.4, -0.2) is 16.9 Å². The average Bonchev–Trinajstić information content (AvgIpc) is 2.62. The summed E-state index contributed by atoms with van der Waals surface area (Å²) >= 11 is 0. The zero-order valence-corrected chi connectivity index (χ0v) is 14.6. The molecule has 0 unspecified atom stereocenters. The topological polar surface area (TPSA) is 78.4 Å². The Kier molecular flexibility index (Phi) is 4.89. The molecule has 0 heterocycles. The first-order valence-electron chi connectivity index (χ1n) is 8.35. The van der Waals surface area contributed by atoms with Crippen LogP contribution in [-0.2, 0) is 4.79 Å². The van der Waals surface area contributed by atoms with E-state index in [1.165, 1.54) is 6.92 Å². The number of benzene rings is 3. The highest BCUT2D eigenvalue weighted by Crippen LogP contribution is 2.29. The first-order chi connectivity index (χ1) is 12.5. The maximum atomic E-state index is 12.7. The van der Waals surface area contributed by atoms with Crippen molar-refractivity contribution in [2.75, 3.05) is 5.32 Å². The SMILES string of the molecule is CC(=O)Nc1ccccc1[C@H](C)NC(=O)c1ccc2ccccc2c1O. The fourth-order valence-corrected chi connectivity index (χ4v) is 2.97. The molecule has 0 saturated carbocycles. The molecule has 3 rings (SSSR count).